The van der Waals surface area contributed by atoms with Gasteiger partial charge in [-0.05, 0) is 30.7 Å². The van der Waals surface area contributed by atoms with Crippen molar-refractivity contribution in [2.75, 3.05) is 26.4 Å². The lowest BCUT2D eigenvalue weighted by Gasteiger charge is -2.36. The van der Waals surface area contributed by atoms with E-state index in [9.17, 15) is 70.2 Å². The molecule has 0 N–H and O–H groups in total. The van der Waals surface area contributed by atoms with Crippen LogP contribution in [0, 0.1) is 0 Å². The van der Waals surface area contributed by atoms with Gasteiger partial charge in [0.2, 0.25) is 0 Å². The Morgan fingerprint density at radius 1 is 0.596 bits per heavy atom. The molecule has 52 heavy (non-hydrogen) atoms. The van der Waals surface area contributed by atoms with Crippen LogP contribution in [0.5, 0.6) is 11.5 Å². The molecule has 0 amide bonds. The number of benzene rings is 1. The number of rotatable bonds is 23. The molecular formula is C29H30F16N2O5. The quantitative estimate of drug-likeness (QED) is 0.0820. The number of hydrogen-bond donors (Lipinski definition) is 0. The van der Waals surface area contributed by atoms with Crippen LogP contribution in [0.2, 0.25) is 0 Å². The van der Waals surface area contributed by atoms with Crippen molar-refractivity contribution >= 4 is 0 Å². The van der Waals surface area contributed by atoms with Crippen molar-refractivity contribution in [2.24, 2.45) is 0 Å². The standard InChI is InChI=1S/C29H30F16N2O5/c1-2-3-4-5-6-7-12-49-21-13-46-22(47-14-21)18-8-10-20(11-9-18)50-16-19(30)15-48-17-23(31,32)51-28(42,43)29(44,45)52-27(40,41)25(35,36)24(33,34)26(37,38)39/h8-11,13-14,19H,2-7,12,15-17H2,1H3. The number of nitrogens with zero attached hydrogens (tertiary/aromatic N) is 2. The smallest absolute Gasteiger partial charge is 0.460 e. The summed E-state index contributed by atoms with van der Waals surface area (Å²) in [4.78, 5) is 8.35. The van der Waals surface area contributed by atoms with Gasteiger partial charge in [0.25, 0.3) is 0 Å². The molecule has 0 fully saturated rings. The number of halogens is 16. The first-order valence-electron chi connectivity index (χ1n) is 14.9. The molecule has 2 aromatic rings. The summed E-state index contributed by atoms with van der Waals surface area (Å²) in [6, 6.07) is 5.57. The van der Waals surface area contributed by atoms with Gasteiger partial charge in [0.1, 0.15) is 19.0 Å². The Morgan fingerprint density at radius 2 is 1.13 bits per heavy atom. The molecule has 23 heteroatoms. The van der Waals surface area contributed by atoms with Gasteiger partial charge >= 0.3 is 42.5 Å². The highest BCUT2D eigenvalue weighted by Gasteiger charge is 2.85. The average Bonchev–Trinajstić information content (AvgIpc) is 3.02. The van der Waals surface area contributed by atoms with Gasteiger partial charge < -0.3 is 14.2 Å². The van der Waals surface area contributed by atoms with Gasteiger partial charge in [0.15, 0.2) is 17.7 Å². The predicted octanol–water partition coefficient (Wildman–Crippen LogP) is 9.85. The van der Waals surface area contributed by atoms with Crippen LogP contribution in [0.15, 0.2) is 36.7 Å². The first-order valence-corrected chi connectivity index (χ1v) is 14.9. The zero-order valence-corrected chi connectivity index (χ0v) is 26.6. The Labute approximate surface area is 284 Å². The summed E-state index contributed by atoms with van der Waals surface area (Å²) in [5, 5.41) is 0. The van der Waals surface area contributed by atoms with Crippen molar-refractivity contribution in [3.8, 4) is 22.9 Å². The number of unbranched alkanes of at least 4 members (excludes halogenated alkanes) is 5. The van der Waals surface area contributed by atoms with E-state index in [4.69, 9.17) is 9.47 Å². The molecule has 0 saturated carbocycles. The number of aromatic nitrogens is 2. The molecule has 0 aliphatic rings. The third-order valence-corrected chi connectivity index (χ3v) is 6.50. The van der Waals surface area contributed by atoms with Crippen LogP contribution >= 0.6 is 0 Å². The van der Waals surface area contributed by atoms with Crippen LogP contribution < -0.4 is 9.47 Å². The van der Waals surface area contributed by atoms with Crippen molar-refractivity contribution in [1.82, 2.24) is 9.97 Å². The largest absolute Gasteiger partial charge is 0.490 e. The van der Waals surface area contributed by atoms with Gasteiger partial charge in [0.05, 0.1) is 25.6 Å². The summed E-state index contributed by atoms with van der Waals surface area (Å²) in [6.07, 6.45) is -28.4. The predicted molar refractivity (Wildman–Crippen MR) is 145 cm³/mol. The monoisotopic (exact) mass is 790 g/mol. The van der Waals surface area contributed by atoms with E-state index in [-0.39, 0.29) is 11.6 Å². The van der Waals surface area contributed by atoms with Gasteiger partial charge in [-0.25, -0.2) is 23.8 Å². The van der Waals surface area contributed by atoms with Gasteiger partial charge in [-0.15, -0.1) is 0 Å². The van der Waals surface area contributed by atoms with E-state index in [1.165, 1.54) is 47.8 Å². The molecule has 2 rings (SSSR count). The lowest BCUT2D eigenvalue weighted by Crippen LogP contribution is -2.64. The van der Waals surface area contributed by atoms with Crippen molar-refractivity contribution in [3.63, 3.8) is 0 Å². The zero-order chi connectivity index (χ0) is 39.7. The molecule has 1 heterocycles. The van der Waals surface area contributed by atoms with E-state index in [0.29, 0.717) is 17.9 Å². The van der Waals surface area contributed by atoms with Crippen LogP contribution in [0.1, 0.15) is 45.4 Å². The lowest BCUT2D eigenvalue weighted by molar-refractivity contribution is -0.543. The Hall–Kier alpha value is -3.34. The fraction of sp³-hybridized carbons (Fsp3) is 0.655. The maximum Gasteiger partial charge on any atom is 0.460 e. The molecule has 0 aliphatic heterocycles. The van der Waals surface area contributed by atoms with Crippen molar-refractivity contribution < 1.29 is 93.9 Å². The van der Waals surface area contributed by atoms with E-state index >= 15 is 0 Å². The maximum atomic E-state index is 14.1. The normalized spacial score (nSPS) is 14.4. The number of alkyl halides is 16. The highest BCUT2D eigenvalue weighted by atomic mass is 19.4. The Kier molecular flexibility index (Phi) is 15.2. The molecule has 1 aromatic heterocycles. The highest BCUT2D eigenvalue weighted by Crippen LogP contribution is 2.56. The lowest BCUT2D eigenvalue weighted by atomic mass is 10.1. The Morgan fingerprint density at radius 3 is 1.69 bits per heavy atom. The van der Waals surface area contributed by atoms with Crippen molar-refractivity contribution in [2.45, 2.75) is 94.1 Å². The second-order valence-corrected chi connectivity index (χ2v) is 10.8. The SMILES string of the molecule is CCCCCCCCOc1cnc(-c2ccc(OCC(F)COCC(F)(F)OC(F)(F)C(F)(F)OC(F)(F)C(F)(F)C(F)(F)C(F)(F)F)cc2)nc1. The highest BCUT2D eigenvalue weighted by molar-refractivity contribution is 5.56. The van der Waals surface area contributed by atoms with E-state index in [0.717, 1.165) is 32.1 Å². The first-order chi connectivity index (χ1) is 23.8. The Bertz CT molecular complexity index is 1360. The number of hydrogen-bond acceptors (Lipinski definition) is 7. The number of ether oxygens (including phenoxy) is 5. The zero-order valence-electron chi connectivity index (χ0n) is 26.6. The molecule has 0 aliphatic carbocycles. The van der Waals surface area contributed by atoms with Crippen LogP contribution in [-0.2, 0) is 14.2 Å². The third-order valence-electron chi connectivity index (χ3n) is 6.50. The second-order valence-electron chi connectivity index (χ2n) is 10.8. The molecular weight excluding hydrogens is 760 g/mol. The van der Waals surface area contributed by atoms with E-state index in [1.807, 2.05) is 0 Å². The van der Waals surface area contributed by atoms with Crippen LogP contribution in [0.4, 0.5) is 70.2 Å². The summed E-state index contributed by atoms with van der Waals surface area (Å²) < 4.78 is 229. The van der Waals surface area contributed by atoms with Crippen LogP contribution in [0.3, 0.4) is 0 Å². The van der Waals surface area contributed by atoms with Crippen molar-refractivity contribution in [1.29, 1.82) is 0 Å². The molecule has 1 aromatic carbocycles. The minimum Gasteiger partial charge on any atom is -0.490 e. The summed E-state index contributed by atoms with van der Waals surface area (Å²) >= 11 is 0. The van der Waals surface area contributed by atoms with Crippen LogP contribution in [-0.4, -0.2) is 85.0 Å². The summed E-state index contributed by atoms with van der Waals surface area (Å²) in [5.74, 6) is -15.1. The minimum atomic E-state index is -7.97. The van der Waals surface area contributed by atoms with E-state index < -0.39 is 68.4 Å². The maximum absolute atomic E-state index is 14.1. The third kappa shape index (κ3) is 12.1. The summed E-state index contributed by atoms with van der Waals surface area (Å²) in [6.45, 7) is -2.27. The first kappa shape index (κ1) is 44.8. The van der Waals surface area contributed by atoms with E-state index in [1.54, 1.807) is 0 Å². The summed E-state index contributed by atoms with van der Waals surface area (Å²) in [7, 11) is 0. The molecule has 0 radical (unpaired) electrons. The minimum absolute atomic E-state index is 0.0104. The Balaban J connectivity index is 1.84. The molecule has 7 nitrogen and oxygen atoms in total. The second kappa shape index (κ2) is 17.7. The van der Waals surface area contributed by atoms with Gasteiger partial charge in [-0.1, -0.05) is 39.0 Å². The summed E-state index contributed by atoms with van der Waals surface area (Å²) in [5.41, 5.74) is 0.488. The molecule has 0 saturated heterocycles. The van der Waals surface area contributed by atoms with Crippen LogP contribution in [0.25, 0.3) is 11.4 Å². The molecule has 1 unspecified atom stereocenters. The van der Waals surface area contributed by atoms with Gasteiger partial charge in [-0.2, -0.15) is 65.9 Å². The molecule has 0 spiro atoms. The topological polar surface area (TPSA) is 71.9 Å². The molecule has 298 valence electrons. The van der Waals surface area contributed by atoms with Crippen molar-refractivity contribution in [3.05, 3.63) is 36.7 Å². The van der Waals surface area contributed by atoms with Gasteiger partial charge in [-0.3, -0.25) is 0 Å². The fourth-order valence-electron chi connectivity index (χ4n) is 3.77. The molecule has 1 atom stereocenters. The molecule has 0 bridgehead atoms. The van der Waals surface area contributed by atoms with E-state index in [2.05, 4.69) is 26.4 Å². The average molecular weight is 791 g/mol. The fourth-order valence-corrected chi connectivity index (χ4v) is 3.77. The van der Waals surface area contributed by atoms with Gasteiger partial charge in [0, 0.05) is 5.56 Å².